The van der Waals surface area contributed by atoms with E-state index in [1.54, 1.807) is 0 Å². The van der Waals surface area contributed by atoms with Gasteiger partial charge in [0.25, 0.3) is 0 Å². The highest BCUT2D eigenvalue weighted by Gasteiger charge is 1.85. The number of rotatable bonds is 5. The van der Waals surface area contributed by atoms with Gasteiger partial charge in [0, 0.05) is 13.2 Å². The van der Waals surface area contributed by atoms with E-state index in [0.29, 0.717) is 19.6 Å². The summed E-state index contributed by atoms with van der Waals surface area (Å²) < 4.78 is 5.08. The maximum atomic E-state index is 8.33. The van der Waals surface area contributed by atoms with Crippen LogP contribution in [0.2, 0.25) is 0 Å². The molecule has 0 saturated heterocycles. The van der Waals surface area contributed by atoms with E-state index >= 15 is 0 Å². The van der Waals surface area contributed by atoms with Crippen molar-refractivity contribution in [2.75, 3.05) is 19.8 Å². The lowest BCUT2D eigenvalue weighted by molar-refractivity contribution is 0.134. The summed E-state index contributed by atoms with van der Waals surface area (Å²) in [5.74, 6) is 0. The van der Waals surface area contributed by atoms with E-state index in [1.165, 1.54) is 0 Å². The molecule has 2 heteroatoms. The van der Waals surface area contributed by atoms with Gasteiger partial charge in [0.2, 0.25) is 0 Å². The summed E-state index contributed by atoms with van der Waals surface area (Å²) in [6.07, 6.45) is 0.716. The summed E-state index contributed by atoms with van der Waals surface area (Å²) in [5.41, 5.74) is 1.02. The van der Waals surface area contributed by atoms with E-state index in [4.69, 9.17) is 9.84 Å². The van der Waals surface area contributed by atoms with Gasteiger partial charge in [0.05, 0.1) is 6.61 Å². The van der Waals surface area contributed by atoms with E-state index in [0.717, 1.165) is 5.57 Å². The van der Waals surface area contributed by atoms with Gasteiger partial charge in [-0.05, 0) is 13.3 Å². The van der Waals surface area contributed by atoms with Crippen LogP contribution in [0.1, 0.15) is 13.3 Å². The smallest absolute Gasteiger partial charge is 0.0671 e. The molecule has 9 heavy (non-hydrogen) atoms. The molecule has 0 fully saturated rings. The summed E-state index contributed by atoms with van der Waals surface area (Å²) >= 11 is 0. The summed E-state index contributed by atoms with van der Waals surface area (Å²) in [6.45, 7) is 7.02. The molecule has 0 aliphatic heterocycles. The molecule has 0 rings (SSSR count). The van der Waals surface area contributed by atoms with E-state index in [9.17, 15) is 0 Å². The zero-order valence-corrected chi connectivity index (χ0v) is 5.89. The van der Waals surface area contributed by atoms with Crippen molar-refractivity contribution >= 4 is 0 Å². The summed E-state index contributed by atoms with van der Waals surface area (Å²) in [7, 11) is 0. The van der Waals surface area contributed by atoms with Crippen molar-refractivity contribution in [3.05, 3.63) is 12.2 Å². The minimum atomic E-state index is 0.205. The molecular formula is C7H14O2. The highest BCUT2D eigenvalue weighted by molar-refractivity contribution is 4.87. The lowest BCUT2D eigenvalue weighted by atomic mass is 10.4. The summed E-state index contributed by atoms with van der Waals surface area (Å²) in [6, 6.07) is 0. The SMILES string of the molecule is C=C(C)COCCCO. The molecule has 2 nitrogen and oxygen atoms in total. The van der Waals surface area contributed by atoms with E-state index < -0.39 is 0 Å². The number of hydrogen-bond donors (Lipinski definition) is 1. The molecule has 0 aliphatic carbocycles. The normalized spacial score (nSPS) is 9.56. The van der Waals surface area contributed by atoms with Gasteiger partial charge in [-0.2, -0.15) is 0 Å². The lowest BCUT2D eigenvalue weighted by Crippen LogP contribution is -1.98. The van der Waals surface area contributed by atoms with Crippen LogP contribution in [-0.4, -0.2) is 24.9 Å². The first-order valence-corrected chi connectivity index (χ1v) is 3.10. The van der Waals surface area contributed by atoms with Crippen LogP contribution in [0, 0.1) is 0 Å². The van der Waals surface area contributed by atoms with Gasteiger partial charge in [-0.3, -0.25) is 0 Å². The Morgan fingerprint density at radius 2 is 2.33 bits per heavy atom. The standard InChI is InChI=1S/C7H14O2/c1-7(2)6-9-5-3-4-8/h8H,1,3-6H2,2H3. The second kappa shape index (κ2) is 5.79. The minimum absolute atomic E-state index is 0.205. The van der Waals surface area contributed by atoms with Crippen molar-refractivity contribution in [1.82, 2.24) is 0 Å². The fourth-order valence-electron chi connectivity index (χ4n) is 0.413. The van der Waals surface area contributed by atoms with Crippen molar-refractivity contribution in [2.45, 2.75) is 13.3 Å². The summed E-state index contributed by atoms with van der Waals surface area (Å²) in [4.78, 5) is 0. The van der Waals surface area contributed by atoms with Crippen LogP contribution in [0.15, 0.2) is 12.2 Å². The third-order valence-corrected chi connectivity index (χ3v) is 0.795. The highest BCUT2D eigenvalue weighted by Crippen LogP contribution is 1.88. The third kappa shape index (κ3) is 7.66. The average molecular weight is 130 g/mol. The Hall–Kier alpha value is -0.340. The van der Waals surface area contributed by atoms with Gasteiger partial charge in [-0.15, -0.1) is 0 Å². The van der Waals surface area contributed by atoms with Crippen molar-refractivity contribution in [2.24, 2.45) is 0 Å². The number of ether oxygens (including phenoxy) is 1. The predicted octanol–water partition coefficient (Wildman–Crippen LogP) is 0.962. The average Bonchev–Trinajstić information content (AvgIpc) is 1.80. The number of aliphatic hydroxyl groups excluding tert-OH is 1. The highest BCUT2D eigenvalue weighted by atomic mass is 16.5. The van der Waals surface area contributed by atoms with Crippen LogP contribution in [0.4, 0.5) is 0 Å². The van der Waals surface area contributed by atoms with Crippen LogP contribution in [-0.2, 0) is 4.74 Å². The Morgan fingerprint density at radius 3 is 2.78 bits per heavy atom. The Balaban J connectivity index is 2.83. The Bertz CT molecular complexity index is 79.0. The third-order valence-electron chi connectivity index (χ3n) is 0.795. The van der Waals surface area contributed by atoms with Gasteiger partial charge in [-0.25, -0.2) is 0 Å². The first kappa shape index (κ1) is 8.66. The van der Waals surface area contributed by atoms with E-state index in [-0.39, 0.29) is 6.61 Å². The van der Waals surface area contributed by atoms with Crippen molar-refractivity contribution in [3.8, 4) is 0 Å². The monoisotopic (exact) mass is 130 g/mol. The van der Waals surface area contributed by atoms with Crippen LogP contribution in [0.3, 0.4) is 0 Å². The van der Waals surface area contributed by atoms with Crippen LogP contribution >= 0.6 is 0 Å². The van der Waals surface area contributed by atoms with Gasteiger partial charge < -0.3 is 9.84 Å². The molecular weight excluding hydrogens is 116 g/mol. The number of hydrogen-bond acceptors (Lipinski definition) is 2. The topological polar surface area (TPSA) is 29.5 Å². The second-order valence-corrected chi connectivity index (χ2v) is 2.09. The lowest BCUT2D eigenvalue weighted by Gasteiger charge is -2.00. The molecule has 0 aromatic heterocycles. The van der Waals surface area contributed by atoms with Crippen LogP contribution in [0.25, 0.3) is 0 Å². The molecule has 0 atom stereocenters. The molecule has 0 amide bonds. The van der Waals surface area contributed by atoms with E-state index in [1.807, 2.05) is 6.92 Å². The quantitative estimate of drug-likeness (QED) is 0.443. The molecule has 0 aliphatic rings. The Labute approximate surface area is 56.1 Å². The van der Waals surface area contributed by atoms with Crippen molar-refractivity contribution in [1.29, 1.82) is 0 Å². The fourth-order valence-corrected chi connectivity index (χ4v) is 0.413. The fraction of sp³-hybridized carbons (Fsp3) is 0.714. The van der Waals surface area contributed by atoms with Gasteiger partial charge in [0.15, 0.2) is 0 Å². The molecule has 0 unspecified atom stereocenters. The van der Waals surface area contributed by atoms with Gasteiger partial charge in [-0.1, -0.05) is 12.2 Å². The molecule has 54 valence electrons. The molecule has 0 aromatic rings. The molecule has 0 bridgehead atoms. The number of aliphatic hydroxyl groups is 1. The molecule has 0 radical (unpaired) electrons. The zero-order valence-electron chi connectivity index (χ0n) is 5.89. The maximum absolute atomic E-state index is 8.33. The molecule has 0 spiro atoms. The van der Waals surface area contributed by atoms with Crippen molar-refractivity contribution in [3.63, 3.8) is 0 Å². The first-order valence-electron chi connectivity index (χ1n) is 3.10. The molecule has 0 aromatic carbocycles. The predicted molar refractivity (Wildman–Crippen MR) is 37.3 cm³/mol. The van der Waals surface area contributed by atoms with E-state index in [2.05, 4.69) is 6.58 Å². The molecule has 1 N–H and O–H groups in total. The molecule has 0 heterocycles. The molecule has 0 saturated carbocycles. The van der Waals surface area contributed by atoms with Crippen molar-refractivity contribution < 1.29 is 9.84 Å². The maximum Gasteiger partial charge on any atom is 0.0671 e. The zero-order chi connectivity index (χ0) is 7.11. The Morgan fingerprint density at radius 1 is 1.67 bits per heavy atom. The summed E-state index contributed by atoms with van der Waals surface area (Å²) in [5, 5.41) is 8.33. The Kier molecular flexibility index (Phi) is 5.57. The minimum Gasteiger partial charge on any atom is -0.396 e. The van der Waals surface area contributed by atoms with Crippen LogP contribution in [0.5, 0.6) is 0 Å². The largest absolute Gasteiger partial charge is 0.396 e. The second-order valence-electron chi connectivity index (χ2n) is 2.09. The van der Waals surface area contributed by atoms with Crippen LogP contribution < -0.4 is 0 Å². The van der Waals surface area contributed by atoms with Gasteiger partial charge in [0.1, 0.15) is 0 Å². The first-order chi connectivity index (χ1) is 4.27. The van der Waals surface area contributed by atoms with Gasteiger partial charge >= 0.3 is 0 Å².